The predicted octanol–water partition coefficient (Wildman–Crippen LogP) is 3.75. The molecule has 1 aliphatic heterocycles. The molecule has 4 nitrogen and oxygen atoms in total. The summed E-state index contributed by atoms with van der Waals surface area (Å²) in [5.41, 5.74) is 1.83. The van der Waals surface area contributed by atoms with Crippen molar-refractivity contribution in [1.29, 1.82) is 0 Å². The summed E-state index contributed by atoms with van der Waals surface area (Å²) in [6, 6.07) is 11.9. The van der Waals surface area contributed by atoms with Gasteiger partial charge < -0.3 is 9.72 Å². The second-order valence-corrected chi connectivity index (χ2v) is 6.34. The minimum atomic E-state index is -0.447. The lowest BCUT2D eigenvalue weighted by Gasteiger charge is -2.23. The first kappa shape index (κ1) is 15.0. The number of fused-ring (bicyclic) bond motifs is 1. The number of hydrogen-bond donors (Lipinski definition) is 1. The Labute approximate surface area is 138 Å². The molecule has 24 heavy (non-hydrogen) atoms. The lowest BCUT2D eigenvalue weighted by molar-refractivity contribution is 0.0168. The van der Waals surface area contributed by atoms with Crippen LogP contribution in [-0.4, -0.2) is 16.6 Å². The van der Waals surface area contributed by atoms with Crippen LogP contribution in [0.25, 0.3) is 22.3 Å². The Morgan fingerprint density at radius 1 is 1.21 bits per heavy atom. The van der Waals surface area contributed by atoms with E-state index in [1.807, 2.05) is 24.3 Å². The Morgan fingerprint density at radius 2 is 2.00 bits per heavy atom. The van der Waals surface area contributed by atoms with Gasteiger partial charge in [0.1, 0.15) is 11.6 Å². The minimum Gasteiger partial charge on any atom is -0.371 e. The average molecular weight is 324 g/mol. The summed E-state index contributed by atoms with van der Waals surface area (Å²) in [6.45, 7) is 2.88. The number of H-pyrrole nitrogens is 1. The summed E-state index contributed by atoms with van der Waals surface area (Å²) < 4.78 is 19.1. The van der Waals surface area contributed by atoms with Crippen molar-refractivity contribution in [3.63, 3.8) is 0 Å². The summed E-state index contributed by atoms with van der Waals surface area (Å²) in [5.74, 6) is 0.0276. The van der Waals surface area contributed by atoms with Crippen LogP contribution in [0.15, 0.2) is 47.3 Å². The number of aromatic nitrogens is 2. The number of halogens is 1. The van der Waals surface area contributed by atoms with Crippen molar-refractivity contribution < 1.29 is 9.13 Å². The molecule has 0 bridgehead atoms. The topological polar surface area (TPSA) is 55.0 Å². The van der Waals surface area contributed by atoms with Gasteiger partial charge in [-0.25, -0.2) is 9.37 Å². The van der Waals surface area contributed by atoms with Crippen molar-refractivity contribution >= 4 is 10.9 Å². The Kier molecular flexibility index (Phi) is 3.46. The van der Waals surface area contributed by atoms with Gasteiger partial charge in [-0.15, -0.1) is 0 Å². The Morgan fingerprint density at radius 3 is 2.71 bits per heavy atom. The molecule has 1 fully saturated rings. The van der Waals surface area contributed by atoms with Crippen LogP contribution in [0, 0.1) is 5.82 Å². The normalized spacial score (nSPS) is 20.6. The van der Waals surface area contributed by atoms with E-state index in [2.05, 4.69) is 16.9 Å². The lowest BCUT2D eigenvalue weighted by atomic mass is 9.92. The van der Waals surface area contributed by atoms with Crippen molar-refractivity contribution in [2.45, 2.75) is 25.4 Å². The molecule has 0 radical (unpaired) electrons. The number of nitrogens with zero attached hydrogens (tertiary/aromatic N) is 1. The maximum absolute atomic E-state index is 13.3. The van der Waals surface area contributed by atoms with Gasteiger partial charge in [0.15, 0.2) is 0 Å². The zero-order valence-corrected chi connectivity index (χ0v) is 13.3. The number of ether oxygens (including phenoxy) is 1. The summed E-state index contributed by atoms with van der Waals surface area (Å²) in [6.07, 6.45) is 2.07. The highest BCUT2D eigenvalue weighted by atomic mass is 19.1. The van der Waals surface area contributed by atoms with Crippen molar-refractivity contribution in [3.05, 3.63) is 64.2 Å². The van der Waals surface area contributed by atoms with Gasteiger partial charge in [0.25, 0.3) is 5.56 Å². The predicted molar refractivity (Wildman–Crippen MR) is 90.3 cm³/mol. The largest absolute Gasteiger partial charge is 0.371 e. The van der Waals surface area contributed by atoms with Crippen LogP contribution < -0.4 is 5.56 Å². The first-order valence-corrected chi connectivity index (χ1v) is 8.00. The highest BCUT2D eigenvalue weighted by Crippen LogP contribution is 2.36. The van der Waals surface area contributed by atoms with Crippen LogP contribution in [0.4, 0.5) is 4.39 Å². The molecule has 0 amide bonds. The quantitative estimate of drug-likeness (QED) is 0.781. The monoisotopic (exact) mass is 324 g/mol. The Hall–Kier alpha value is -2.53. The maximum atomic E-state index is 13.3. The molecule has 1 atom stereocenters. The van der Waals surface area contributed by atoms with Crippen molar-refractivity contribution in [1.82, 2.24) is 9.97 Å². The van der Waals surface area contributed by atoms with E-state index in [0.717, 1.165) is 30.6 Å². The number of nitrogens with one attached hydrogen (secondary N) is 1. The van der Waals surface area contributed by atoms with Crippen LogP contribution in [0.1, 0.15) is 25.3 Å². The fourth-order valence-corrected chi connectivity index (χ4v) is 3.24. The van der Waals surface area contributed by atoms with Gasteiger partial charge in [-0.3, -0.25) is 4.79 Å². The number of hydrogen-bond acceptors (Lipinski definition) is 3. The highest BCUT2D eigenvalue weighted by molar-refractivity contribution is 5.79. The molecule has 2 aromatic carbocycles. The SMILES string of the molecule is CC1(c2ccc(-c3nc4ccc(F)cc4c(=O)[nH]3)cc2)CCCO1. The van der Waals surface area contributed by atoms with Crippen molar-refractivity contribution in [3.8, 4) is 11.4 Å². The van der Waals surface area contributed by atoms with Gasteiger partial charge in [-0.05, 0) is 43.5 Å². The van der Waals surface area contributed by atoms with Crippen LogP contribution >= 0.6 is 0 Å². The zero-order chi connectivity index (χ0) is 16.7. The van der Waals surface area contributed by atoms with Crippen LogP contribution in [0.3, 0.4) is 0 Å². The van der Waals surface area contributed by atoms with E-state index in [1.165, 1.54) is 18.2 Å². The third-order valence-corrected chi connectivity index (χ3v) is 4.66. The van der Waals surface area contributed by atoms with Crippen LogP contribution in [0.2, 0.25) is 0 Å². The van der Waals surface area contributed by atoms with Gasteiger partial charge in [-0.2, -0.15) is 0 Å². The minimum absolute atomic E-state index is 0.236. The second kappa shape index (κ2) is 5.53. The van der Waals surface area contributed by atoms with Gasteiger partial charge >= 0.3 is 0 Å². The smallest absolute Gasteiger partial charge is 0.259 e. The Balaban J connectivity index is 1.75. The van der Waals surface area contributed by atoms with E-state index >= 15 is 0 Å². The number of aromatic amines is 1. The molecule has 0 aliphatic carbocycles. The van der Waals surface area contributed by atoms with Crippen LogP contribution in [-0.2, 0) is 10.3 Å². The average Bonchev–Trinajstić information content (AvgIpc) is 3.03. The summed E-state index contributed by atoms with van der Waals surface area (Å²) in [7, 11) is 0. The zero-order valence-electron chi connectivity index (χ0n) is 13.3. The van der Waals surface area contributed by atoms with E-state index in [0.29, 0.717) is 11.3 Å². The molecule has 4 rings (SSSR count). The summed E-state index contributed by atoms with van der Waals surface area (Å²) in [4.78, 5) is 19.3. The molecular weight excluding hydrogens is 307 g/mol. The molecule has 1 aliphatic rings. The first-order chi connectivity index (χ1) is 11.5. The molecule has 1 saturated heterocycles. The summed E-state index contributed by atoms with van der Waals surface area (Å²) >= 11 is 0. The molecular formula is C19H17FN2O2. The molecule has 122 valence electrons. The maximum Gasteiger partial charge on any atom is 0.259 e. The van der Waals surface area contributed by atoms with E-state index in [4.69, 9.17) is 4.74 Å². The third kappa shape index (κ3) is 2.51. The van der Waals surface area contributed by atoms with Gasteiger partial charge in [0.2, 0.25) is 0 Å². The first-order valence-electron chi connectivity index (χ1n) is 8.00. The number of benzene rings is 2. The van der Waals surface area contributed by atoms with E-state index in [9.17, 15) is 9.18 Å². The van der Waals surface area contributed by atoms with Crippen LogP contribution in [0.5, 0.6) is 0 Å². The highest BCUT2D eigenvalue weighted by Gasteiger charge is 2.31. The molecule has 3 aromatic rings. The third-order valence-electron chi connectivity index (χ3n) is 4.66. The fourth-order valence-electron chi connectivity index (χ4n) is 3.24. The lowest BCUT2D eigenvalue weighted by Crippen LogP contribution is -2.19. The van der Waals surface area contributed by atoms with Gasteiger partial charge in [0, 0.05) is 12.2 Å². The molecule has 0 spiro atoms. The van der Waals surface area contributed by atoms with Crippen molar-refractivity contribution in [2.75, 3.05) is 6.61 Å². The molecule has 2 heterocycles. The van der Waals surface area contributed by atoms with Crippen molar-refractivity contribution in [2.24, 2.45) is 0 Å². The number of rotatable bonds is 2. The van der Waals surface area contributed by atoms with E-state index in [1.54, 1.807) is 0 Å². The second-order valence-electron chi connectivity index (χ2n) is 6.34. The standard InChI is InChI=1S/C19H17FN2O2/c1-19(9-2-10-24-19)13-5-3-12(4-6-13)17-21-16-8-7-14(20)11-15(16)18(23)22-17/h3-8,11H,2,9-10H2,1H3,(H,21,22,23). The Bertz CT molecular complexity index is 957. The summed E-state index contributed by atoms with van der Waals surface area (Å²) in [5, 5.41) is 0.252. The molecule has 5 heteroatoms. The van der Waals surface area contributed by atoms with Gasteiger partial charge in [0.05, 0.1) is 16.5 Å². The van der Waals surface area contributed by atoms with E-state index in [-0.39, 0.29) is 16.5 Å². The molecule has 1 N–H and O–H groups in total. The molecule has 0 saturated carbocycles. The molecule has 1 unspecified atom stereocenters. The van der Waals surface area contributed by atoms with E-state index < -0.39 is 5.82 Å². The van der Waals surface area contributed by atoms with Gasteiger partial charge in [-0.1, -0.05) is 24.3 Å². The molecule has 1 aromatic heterocycles. The fraction of sp³-hybridized carbons (Fsp3) is 0.263.